The Morgan fingerprint density at radius 3 is 2.79 bits per heavy atom. The van der Waals surface area contributed by atoms with E-state index < -0.39 is 0 Å². The third-order valence-corrected chi connectivity index (χ3v) is 3.89. The van der Waals surface area contributed by atoms with E-state index in [1.165, 1.54) is 0 Å². The minimum absolute atomic E-state index is 0.136. The van der Waals surface area contributed by atoms with E-state index in [1.54, 1.807) is 0 Å². The van der Waals surface area contributed by atoms with Gasteiger partial charge in [0.25, 0.3) is 0 Å². The summed E-state index contributed by atoms with van der Waals surface area (Å²) in [6.07, 6.45) is 1.90. The highest BCUT2D eigenvalue weighted by Gasteiger charge is 2.15. The van der Waals surface area contributed by atoms with Gasteiger partial charge in [0.1, 0.15) is 0 Å². The molecule has 2 aromatic rings. The molecule has 0 saturated carbocycles. The molecule has 1 aromatic heterocycles. The second-order valence-corrected chi connectivity index (χ2v) is 6.32. The lowest BCUT2D eigenvalue weighted by Gasteiger charge is -2.09. The van der Waals surface area contributed by atoms with Gasteiger partial charge < -0.3 is 19.9 Å². The fourth-order valence-corrected chi connectivity index (χ4v) is 2.68. The molecule has 0 fully saturated rings. The largest absolute Gasteiger partial charge is 0.493 e. The number of benzene rings is 1. The van der Waals surface area contributed by atoms with Crippen LogP contribution in [0.5, 0.6) is 5.88 Å². The van der Waals surface area contributed by atoms with Crippen LogP contribution in [0.1, 0.15) is 19.8 Å². The van der Waals surface area contributed by atoms with Gasteiger partial charge in [-0.3, -0.25) is 0 Å². The average Bonchev–Trinajstić information content (AvgIpc) is 2.82. The molecule has 0 bridgehead atoms. The molecule has 0 aliphatic rings. The standard InChI is InChI=1S/C17H25N5OS/c1-4-11-22-14-9-6-5-8-13(14)15(16(22)23)19-20-17(24)18-10-7-12-21(2)3/h5-6,8-9,23H,4,7,10-12H2,1-3H3,(H,18,24). The minimum Gasteiger partial charge on any atom is -0.493 e. The first-order valence-corrected chi connectivity index (χ1v) is 8.60. The highest BCUT2D eigenvalue weighted by atomic mass is 32.1. The topological polar surface area (TPSA) is 65.1 Å². The summed E-state index contributed by atoms with van der Waals surface area (Å²) < 4.78 is 1.86. The Kier molecular flexibility index (Phi) is 6.69. The van der Waals surface area contributed by atoms with E-state index in [9.17, 15) is 5.11 Å². The molecule has 24 heavy (non-hydrogen) atoms. The zero-order chi connectivity index (χ0) is 17.5. The molecule has 6 nitrogen and oxygen atoms in total. The molecule has 0 atom stereocenters. The van der Waals surface area contributed by atoms with E-state index >= 15 is 0 Å². The van der Waals surface area contributed by atoms with Crippen molar-refractivity contribution in [2.75, 3.05) is 27.2 Å². The summed E-state index contributed by atoms with van der Waals surface area (Å²) in [5, 5.41) is 23.0. The molecule has 1 aromatic carbocycles. The van der Waals surface area contributed by atoms with Gasteiger partial charge in [-0.1, -0.05) is 25.1 Å². The summed E-state index contributed by atoms with van der Waals surface area (Å²) in [4.78, 5) is 2.12. The molecule has 0 unspecified atom stereocenters. The van der Waals surface area contributed by atoms with Gasteiger partial charge in [-0.15, -0.1) is 10.2 Å². The van der Waals surface area contributed by atoms with Crippen molar-refractivity contribution in [3.63, 3.8) is 0 Å². The zero-order valence-corrected chi connectivity index (χ0v) is 15.3. The van der Waals surface area contributed by atoms with Crippen molar-refractivity contribution in [3.8, 4) is 5.88 Å². The van der Waals surface area contributed by atoms with E-state index in [4.69, 9.17) is 12.2 Å². The Hall–Kier alpha value is -1.99. The van der Waals surface area contributed by atoms with Gasteiger partial charge >= 0.3 is 0 Å². The van der Waals surface area contributed by atoms with Crippen molar-refractivity contribution in [1.29, 1.82) is 0 Å². The summed E-state index contributed by atoms with van der Waals surface area (Å²) in [5.41, 5.74) is 1.42. The summed E-state index contributed by atoms with van der Waals surface area (Å²) in [5.74, 6) is 0.136. The third-order valence-electron chi connectivity index (χ3n) is 3.66. The third kappa shape index (κ3) is 4.52. The summed E-state index contributed by atoms with van der Waals surface area (Å²) in [6.45, 7) is 4.54. The van der Waals surface area contributed by atoms with Crippen LogP contribution in [0, 0.1) is 0 Å². The number of aryl methyl sites for hydroxylation is 1. The van der Waals surface area contributed by atoms with Crippen molar-refractivity contribution in [3.05, 3.63) is 24.3 Å². The van der Waals surface area contributed by atoms with Crippen molar-refractivity contribution in [1.82, 2.24) is 14.8 Å². The molecular formula is C17H25N5OS. The lowest BCUT2D eigenvalue weighted by molar-refractivity contribution is 0.400. The van der Waals surface area contributed by atoms with E-state index in [0.717, 1.165) is 43.4 Å². The molecule has 2 N–H and O–H groups in total. The van der Waals surface area contributed by atoms with Gasteiger partial charge in [-0.25, -0.2) is 0 Å². The second-order valence-electron chi connectivity index (χ2n) is 5.93. The highest BCUT2D eigenvalue weighted by Crippen LogP contribution is 2.38. The van der Waals surface area contributed by atoms with Crippen molar-refractivity contribution in [2.24, 2.45) is 10.2 Å². The Labute approximate surface area is 148 Å². The average molecular weight is 347 g/mol. The van der Waals surface area contributed by atoms with Crippen LogP contribution in [0.15, 0.2) is 34.5 Å². The maximum atomic E-state index is 10.5. The van der Waals surface area contributed by atoms with E-state index in [-0.39, 0.29) is 5.88 Å². The number of rotatable bonds is 7. The zero-order valence-electron chi connectivity index (χ0n) is 14.5. The number of azo groups is 1. The molecule has 7 heteroatoms. The van der Waals surface area contributed by atoms with Crippen LogP contribution < -0.4 is 5.32 Å². The maximum absolute atomic E-state index is 10.5. The summed E-state index contributed by atoms with van der Waals surface area (Å²) in [6, 6.07) is 7.78. The van der Waals surface area contributed by atoms with Crippen LogP contribution in [0.3, 0.4) is 0 Å². The number of aromatic hydroxyl groups is 1. The molecule has 0 saturated heterocycles. The first kappa shape index (κ1) is 18.4. The van der Waals surface area contributed by atoms with Gasteiger partial charge in [-0.2, -0.15) is 0 Å². The predicted molar refractivity (Wildman–Crippen MR) is 102 cm³/mol. The number of nitrogens with one attached hydrogen (secondary N) is 1. The Bertz CT molecular complexity index is 723. The SMILES string of the molecule is CCCn1c(O)c(N=NC(=S)NCCCN(C)C)c2ccccc21. The van der Waals surface area contributed by atoms with E-state index in [2.05, 4.69) is 27.4 Å². The fourth-order valence-electron chi connectivity index (χ4n) is 2.54. The molecule has 0 aliphatic heterocycles. The number of aromatic nitrogens is 1. The van der Waals surface area contributed by atoms with Crippen molar-refractivity contribution < 1.29 is 5.11 Å². The first-order valence-electron chi connectivity index (χ1n) is 8.19. The minimum atomic E-state index is 0.136. The Balaban J connectivity index is 2.11. The molecular weight excluding hydrogens is 322 g/mol. The van der Waals surface area contributed by atoms with Gasteiger partial charge in [0.15, 0.2) is 5.69 Å². The van der Waals surface area contributed by atoms with Crippen LogP contribution in [-0.4, -0.2) is 46.9 Å². The Morgan fingerprint density at radius 2 is 2.08 bits per heavy atom. The molecule has 130 valence electrons. The number of nitrogens with zero attached hydrogens (tertiary/aromatic N) is 4. The molecule has 0 amide bonds. The monoisotopic (exact) mass is 347 g/mol. The number of hydrogen-bond donors (Lipinski definition) is 2. The van der Waals surface area contributed by atoms with Crippen LogP contribution in [-0.2, 0) is 6.54 Å². The first-order chi connectivity index (χ1) is 11.5. The quantitative estimate of drug-likeness (QED) is 0.456. The van der Waals surface area contributed by atoms with E-state index in [0.29, 0.717) is 10.8 Å². The molecule has 0 aliphatic carbocycles. The van der Waals surface area contributed by atoms with Crippen molar-refractivity contribution >= 4 is 33.9 Å². The summed E-state index contributed by atoms with van der Waals surface area (Å²) in [7, 11) is 4.07. The summed E-state index contributed by atoms with van der Waals surface area (Å²) >= 11 is 5.18. The number of thiocarbonyl (C=S) groups is 1. The highest BCUT2D eigenvalue weighted by molar-refractivity contribution is 7.80. The lowest BCUT2D eigenvalue weighted by atomic mass is 10.2. The maximum Gasteiger partial charge on any atom is 0.220 e. The molecule has 1 heterocycles. The van der Waals surface area contributed by atoms with Gasteiger partial charge in [0.2, 0.25) is 11.0 Å². The lowest BCUT2D eigenvalue weighted by Crippen LogP contribution is -2.24. The normalized spacial score (nSPS) is 11.7. The van der Waals surface area contributed by atoms with Crippen LogP contribution in [0.25, 0.3) is 10.9 Å². The molecule has 0 spiro atoms. The molecule has 0 radical (unpaired) electrons. The Morgan fingerprint density at radius 1 is 1.33 bits per heavy atom. The van der Waals surface area contributed by atoms with Gasteiger partial charge in [0.05, 0.1) is 5.52 Å². The molecule has 2 rings (SSSR count). The van der Waals surface area contributed by atoms with Gasteiger partial charge in [0, 0.05) is 18.5 Å². The van der Waals surface area contributed by atoms with E-state index in [1.807, 2.05) is 42.9 Å². The van der Waals surface area contributed by atoms with Crippen LogP contribution in [0.4, 0.5) is 5.69 Å². The van der Waals surface area contributed by atoms with Crippen LogP contribution in [0.2, 0.25) is 0 Å². The number of fused-ring (bicyclic) bond motifs is 1. The fraction of sp³-hybridized carbons (Fsp3) is 0.471. The second kappa shape index (κ2) is 8.75. The van der Waals surface area contributed by atoms with Gasteiger partial charge in [-0.05, 0) is 51.8 Å². The predicted octanol–water partition coefficient (Wildman–Crippen LogP) is 3.67. The van der Waals surface area contributed by atoms with Crippen LogP contribution >= 0.6 is 12.2 Å². The smallest absolute Gasteiger partial charge is 0.220 e. The van der Waals surface area contributed by atoms with Crippen molar-refractivity contribution in [2.45, 2.75) is 26.3 Å². The number of para-hydroxylation sites is 1. The number of hydrogen-bond acceptors (Lipinski definition) is 4.